The molecule has 1 aromatic rings. The summed E-state index contributed by atoms with van der Waals surface area (Å²) in [6.07, 6.45) is 4.39. The Morgan fingerprint density at radius 1 is 1.56 bits per heavy atom. The number of hydrogen-bond acceptors (Lipinski definition) is 3. The van der Waals surface area contributed by atoms with E-state index in [1.54, 1.807) is 0 Å². The van der Waals surface area contributed by atoms with E-state index in [1.165, 1.54) is 12.8 Å². The molecule has 0 aliphatic carbocycles. The van der Waals surface area contributed by atoms with Gasteiger partial charge < -0.3 is 10.2 Å². The average molecular weight is 284 g/mol. The fraction of sp³-hybridized carbons (Fsp3) is 0.583. The van der Waals surface area contributed by atoms with Gasteiger partial charge in [0.1, 0.15) is 5.82 Å². The zero-order valence-electron chi connectivity index (χ0n) is 9.62. The Balaban J connectivity index is 2.11. The van der Waals surface area contributed by atoms with Crippen LogP contribution in [0, 0.1) is 0 Å². The molecule has 0 radical (unpaired) electrons. The molecule has 1 aliphatic heterocycles. The zero-order valence-corrected chi connectivity index (χ0v) is 11.2. The number of likely N-dealkylation sites (N-methyl/N-ethyl adjacent to an activating group) is 1. The molecule has 1 N–H and O–H groups in total. The second-order valence-electron chi connectivity index (χ2n) is 4.12. The van der Waals surface area contributed by atoms with Gasteiger partial charge in [-0.3, -0.25) is 0 Å². The van der Waals surface area contributed by atoms with Gasteiger partial charge in [-0.2, -0.15) is 0 Å². The third-order valence-corrected chi connectivity index (χ3v) is 3.53. The summed E-state index contributed by atoms with van der Waals surface area (Å²) in [6.45, 7) is 5.44. The molecule has 1 aromatic heterocycles. The molecule has 0 spiro atoms. The minimum Gasteiger partial charge on any atom is -0.353 e. The monoisotopic (exact) mass is 283 g/mol. The van der Waals surface area contributed by atoms with Gasteiger partial charge in [0.25, 0.3) is 0 Å². The van der Waals surface area contributed by atoms with Gasteiger partial charge in [-0.1, -0.05) is 0 Å². The van der Waals surface area contributed by atoms with Gasteiger partial charge in [0.2, 0.25) is 0 Å². The Morgan fingerprint density at radius 3 is 3.00 bits per heavy atom. The Hall–Kier alpha value is -0.610. The molecule has 2 heterocycles. The van der Waals surface area contributed by atoms with Gasteiger partial charge in [-0.25, -0.2) is 4.98 Å². The standard InChI is InChI=1S/C12H18BrN3/c1-2-16(11-4-3-7-14-9-11)12-6-5-10(13)8-15-12/h5-6,8,11,14H,2-4,7,9H2,1H3. The van der Waals surface area contributed by atoms with Crippen LogP contribution in [-0.2, 0) is 0 Å². The van der Waals surface area contributed by atoms with Gasteiger partial charge >= 0.3 is 0 Å². The summed E-state index contributed by atoms with van der Waals surface area (Å²) in [5.41, 5.74) is 0. The van der Waals surface area contributed by atoms with Crippen LogP contribution in [0.4, 0.5) is 5.82 Å². The van der Waals surface area contributed by atoms with E-state index in [-0.39, 0.29) is 0 Å². The lowest BCUT2D eigenvalue weighted by Crippen LogP contribution is -2.46. The van der Waals surface area contributed by atoms with Crippen LogP contribution in [0.3, 0.4) is 0 Å². The first-order valence-corrected chi connectivity index (χ1v) is 6.69. The van der Waals surface area contributed by atoms with Crippen LogP contribution < -0.4 is 10.2 Å². The SMILES string of the molecule is CCN(c1ccc(Br)cn1)C1CCCNC1. The average Bonchev–Trinajstić information content (AvgIpc) is 2.34. The maximum Gasteiger partial charge on any atom is 0.128 e. The lowest BCUT2D eigenvalue weighted by Gasteiger charge is -2.34. The largest absolute Gasteiger partial charge is 0.353 e. The van der Waals surface area contributed by atoms with Crippen molar-refractivity contribution in [2.75, 3.05) is 24.5 Å². The lowest BCUT2D eigenvalue weighted by atomic mass is 10.1. The molecule has 1 saturated heterocycles. The Bertz CT molecular complexity index is 320. The van der Waals surface area contributed by atoms with Gasteiger partial charge in [0, 0.05) is 29.8 Å². The molecule has 0 aromatic carbocycles. The molecule has 1 unspecified atom stereocenters. The Morgan fingerprint density at radius 2 is 2.44 bits per heavy atom. The van der Waals surface area contributed by atoms with Crippen molar-refractivity contribution in [2.45, 2.75) is 25.8 Å². The fourth-order valence-corrected chi connectivity index (χ4v) is 2.48. The molecular weight excluding hydrogens is 266 g/mol. The predicted octanol–water partition coefficient (Wildman–Crippen LogP) is 2.42. The highest BCUT2D eigenvalue weighted by Gasteiger charge is 2.20. The van der Waals surface area contributed by atoms with Crippen molar-refractivity contribution in [3.05, 3.63) is 22.8 Å². The highest BCUT2D eigenvalue weighted by molar-refractivity contribution is 9.10. The van der Waals surface area contributed by atoms with E-state index in [0.29, 0.717) is 6.04 Å². The number of nitrogens with one attached hydrogen (secondary N) is 1. The summed E-state index contributed by atoms with van der Waals surface area (Å²) in [4.78, 5) is 6.86. The third-order valence-electron chi connectivity index (χ3n) is 3.06. The molecule has 0 saturated carbocycles. The van der Waals surface area contributed by atoms with Crippen LogP contribution in [0.5, 0.6) is 0 Å². The summed E-state index contributed by atoms with van der Waals surface area (Å²) >= 11 is 3.42. The molecule has 4 heteroatoms. The number of piperidine rings is 1. The molecule has 3 nitrogen and oxygen atoms in total. The van der Waals surface area contributed by atoms with Gasteiger partial charge in [-0.05, 0) is 54.4 Å². The predicted molar refractivity (Wildman–Crippen MR) is 70.8 cm³/mol. The normalized spacial score (nSPS) is 20.8. The molecular formula is C12H18BrN3. The van der Waals surface area contributed by atoms with Crippen LogP contribution in [-0.4, -0.2) is 30.7 Å². The van der Waals surface area contributed by atoms with Crippen LogP contribution in [0.2, 0.25) is 0 Å². The van der Waals surface area contributed by atoms with Crippen LogP contribution in [0.1, 0.15) is 19.8 Å². The van der Waals surface area contributed by atoms with Crippen molar-refractivity contribution in [1.82, 2.24) is 10.3 Å². The number of nitrogens with zero attached hydrogens (tertiary/aromatic N) is 2. The van der Waals surface area contributed by atoms with E-state index in [4.69, 9.17) is 0 Å². The second-order valence-corrected chi connectivity index (χ2v) is 5.04. The fourth-order valence-electron chi connectivity index (χ4n) is 2.24. The smallest absolute Gasteiger partial charge is 0.128 e. The van der Waals surface area contributed by atoms with Crippen molar-refractivity contribution in [1.29, 1.82) is 0 Å². The lowest BCUT2D eigenvalue weighted by molar-refractivity contribution is 0.433. The Kier molecular flexibility index (Phi) is 4.18. The molecule has 0 bridgehead atoms. The summed E-state index contributed by atoms with van der Waals surface area (Å²) < 4.78 is 1.04. The summed E-state index contributed by atoms with van der Waals surface area (Å²) in [5, 5.41) is 3.45. The van der Waals surface area contributed by atoms with Crippen molar-refractivity contribution < 1.29 is 0 Å². The number of halogens is 1. The van der Waals surface area contributed by atoms with Crippen LogP contribution >= 0.6 is 15.9 Å². The Labute approximate surface area is 105 Å². The second kappa shape index (κ2) is 5.64. The van der Waals surface area contributed by atoms with E-state index >= 15 is 0 Å². The van der Waals surface area contributed by atoms with E-state index in [2.05, 4.69) is 50.2 Å². The number of pyridine rings is 1. The van der Waals surface area contributed by atoms with Crippen molar-refractivity contribution in [3.8, 4) is 0 Å². The van der Waals surface area contributed by atoms with Crippen molar-refractivity contribution in [2.24, 2.45) is 0 Å². The van der Waals surface area contributed by atoms with E-state index in [0.717, 1.165) is 29.9 Å². The third kappa shape index (κ3) is 2.74. The molecule has 88 valence electrons. The number of aromatic nitrogens is 1. The minimum atomic E-state index is 0.590. The molecule has 16 heavy (non-hydrogen) atoms. The topological polar surface area (TPSA) is 28.2 Å². The van der Waals surface area contributed by atoms with Gasteiger partial charge in [0.15, 0.2) is 0 Å². The first kappa shape index (κ1) is 11.9. The van der Waals surface area contributed by atoms with Crippen LogP contribution in [0.15, 0.2) is 22.8 Å². The first-order chi connectivity index (χ1) is 7.81. The number of anilines is 1. The zero-order chi connectivity index (χ0) is 11.4. The van der Waals surface area contributed by atoms with Gasteiger partial charge in [-0.15, -0.1) is 0 Å². The summed E-state index contributed by atoms with van der Waals surface area (Å²) in [6, 6.07) is 4.73. The van der Waals surface area contributed by atoms with E-state index < -0.39 is 0 Å². The first-order valence-electron chi connectivity index (χ1n) is 5.90. The summed E-state index contributed by atoms with van der Waals surface area (Å²) in [5.74, 6) is 1.08. The molecule has 1 fully saturated rings. The van der Waals surface area contributed by atoms with Crippen molar-refractivity contribution in [3.63, 3.8) is 0 Å². The molecule has 0 amide bonds. The minimum absolute atomic E-state index is 0.590. The highest BCUT2D eigenvalue weighted by Crippen LogP contribution is 2.19. The van der Waals surface area contributed by atoms with E-state index in [9.17, 15) is 0 Å². The quantitative estimate of drug-likeness (QED) is 0.924. The van der Waals surface area contributed by atoms with E-state index in [1.807, 2.05) is 6.20 Å². The maximum absolute atomic E-state index is 4.48. The highest BCUT2D eigenvalue weighted by atomic mass is 79.9. The van der Waals surface area contributed by atoms with Gasteiger partial charge in [0.05, 0.1) is 0 Å². The number of hydrogen-bond donors (Lipinski definition) is 1. The van der Waals surface area contributed by atoms with Crippen molar-refractivity contribution >= 4 is 21.7 Å². The maximum atomic E-state index is 4.48. The molecule has 1 aliphatic rings. The summed E-state index contributed by atoms with van der Waals surface area (Å²) in [7, 11) is 0. The molecule has 2 rings (SSSR count). The molecule has 1 atom stereocenters. The number of rotatable bonds is 3. The van der Waals surface area contributed by atoms with Crippen LogP contribution in [0.25, 0.3) is 0 Å².